The molecule has 2 N–H and O–H groups in total. The Morgan fingerprint density at radius 1 is 1.14 bits per heavy atom. The predicted octanol–water partition coefficient (Wildman–Crippen LogP) is 5.46. The van der Waals surface area contributed by atoms with Gasteiger partial charge in [0.1, 0.15) is 0 Å². The smallest absolute Gasteiger partial charge is 0.274 e. The maximum absolute atomic E-state index is 12.0. The average Bonchev–Trinajstić information content (AvgIpc) is 2.94. The van der Waals surface area contributed by atoms with Gasteiger partial charge in [-0.1, -0.05) is 53.7 Å². The Labute approximate surface area is 178 Å². The number of fused-ring (bicyclic) bond motifs is 2. The quantitative estimate of drug-likeness (QED) is 0.418. The molecule has 0 bridgehead atoms. The summed E-state index contributed by atoms with van der Waals surface area (Å²) in [5, 5.41) is 4.14. The Morgan fingerprint density at radius 2 is 1.97 bits per heavy atom. The highest BCUT2D eigenvalue weighted by atomic mass is 35.5. The first kappa shape index (κ1) is 19.5. The van der Waals surface area contributed by atoms with Crippen molar-refractivity contribution in [1.29, 1.82) is 0 Å². The molecule has 4 rings (SSSR count). The molecule has 0 saturated heterocycles. The molecule has 0 aliphatic carbocycles. The van der Waals surface area contributed by atoms with Gasteiger partial charge in [-0.05, 0) is 35.9 Å². The zero-order valence-electron chi connectivity index (χ0n) is 15.6. The monoisotopic (exact) mass is 423 g/mol. The van der Waals surface area contributed by atoms with Gasteiger partial charge in [0.2, 0.25) is 0 Å². The number of halogens is 1. The van der Waals surface area contributed by atoms with Crippen molar-refractivity contribution in [2.24, 2.45) is 4.99 Å². The third-order valence-electron chi connectivity index (χ3n) is 4.43. The average molecular weight is 424 g/mol. The van der Waals surface area contributed by atoms with Crippen molar-refractivity contribution < 1.29 is 9.63 Å². The summed E-state index contributed by atoms with van der Waals surface area (Å²) in [5.74, 6) is -0.319. The van der Waals surface area contributed by atoms with Crippen LogP contribution < -0.4 is 10.8 Å². The number of hydroxylamine groups is 1. The fourth-order valence-electron chi connectivity index (χ4n) is 2.99. The summed E-state index contributed by atoms with van der Waals surface area (Å²) in [6.45, 7) is 0.696. The first-order chi connectivity index (χ1) is 14.2. The van der Waals surface area contributed by atoms with Gasteiger partial charge in [-0.3, -0.25) is 14.6 Å². The minimum Gasteiger partial charge on any atom is -0.380 e. The molecule has 3 aromatic carbocycles. The third-order valence-corrected chi connectivity index (χ3v) is 6.07. The number of carbonyl (C=O) groups is 1. The number of carbonyl (C=O) groups excluding carboxylic acids is 1. The minimum atomic E-state index is -0.319. The summed E-state index contributed by atoms with van der Waals surface area (Å²) in [6, 6.07) is 19.4. The molecule has 1 aliphatic heterocycles. The lowest BCUT2D eigenvalue weighted by Gasteiger charge is -2.14. The molecule has 0 unspecified atom stereocenters. The lowest BCUT2D eigenvalue weighted by Crippen LogP contribution is -2.21. The van der Waals surface area contributed by atoms with Crippen LogP contribution in [-0.4, -0.2) is 19.2 Å². The highest BCUT2D eigenvalue weighted by Crippen LogP contribution is 2.44. The zero-order valence-corrected chi connectivity index (χ0v) is 17.2. The van der Waals surface area contributed by atoms with E-state index < -0.39 is 0 Å². The second kappa shape index (κ2) is 8.69. The Bertz CT molecular complexity index is 1090. The molecular weight excluding hydrogens is 406 g/mol. The summed E-state index contributed by atoms with van der Waals surface area (Å²) < 4.78 is 0. The molecule has 1 amide bonds. The van der Waals surface area contributed by atoms with Crippen LogP contribution in [0, 0.1) is 0 Å². The number of aliphatic imine (C=N–C) groups is 1. The van der Waals surface area contributed by atoms with Crippen LogP contribution in [0.1, 0.15) is 21.5 Å². The largest absolute Gasteiger partial charge is 0.380 e. The maximum atomic E-state index is 12.0. The van der Waals surface area contributed by atoms with Crippen LogP contribution in [0.15, 0.2) is 75.4 Å². The Kier molecular flexibility index (Phi) is 5.85. The van der Waals surface area contributed by atoms with Crippen LogP contribution in [0.3, 0.4) is 0 Å². The van der Waals surface area contributed by atoms with Crippen molar-refractivity contribution in [3.63, 3.8) is 0 Å². The van der Waals surface area contributed by atoms with E-state index in [1.165, 1.54) is 24.4 Å². The van der Waals surface area contributed by atoms with Crippen LogP contribution >= 0.6 is 23.4 Å². The summed E-state index contributed by atoms with van der Waals surface area (Å²) in [7, 11) is 1.40. The van der Waals surface area contributed by atoms with E-state index >= 15 is 0 Å². The van der Waals surface area contributed by atoms with Gasteiger partial charge in [-0.25, -0.2) is 5.48 Å². The normalized spacial score (nSPS) is 11.9. The van der Waals surface area contributed by atoms with E-state index in [1.54, 1.807) is 18.3 Å². The van der Waals surface area contributed by atoms with Crippen LogP contribution in [0.2, 0.25) is 5.02 Å². The number of amides is 1. The second-order valence-electron chi connectivity index (χ2n) is 6.35. The molecule has 0 radical (unpaired) electrons. The summed E-state index contributed by atoms with van der Waals surface area (Å²) >= 11 is 8.04. The highest BCUT2D eigenvalue weighted by molar-refractivity contribution is 7.99. The SMILES string of the molecule is CONC(=O)c1ccc2c(c1)N=Cc1c(NCc3ccccc3)ccc(Cl)c1S2. The number of nitrogens with one attached hydrogen (secondary N) is 2. The molecule has 7 heteroatoms. The third kappa shape index (κ3) is 4.29. The Balaban J connectivity index is 1.66. The maximum Gasteiger partial charge on any atom is 0.274 e. The minimum absolute atomic E-state index is 0.319. The van der Waals surface area contributed by atoms with Crippen LogP contribution in [0.5, 0.6) is 0 Å². The standard InChI is InChI=1S/C22H18ClN3O2S/c1-28-26-22(27)15-7-10-20-19(11-15)25-13-16-18(9-8-17(23)21(16)29-20)24-12-14-5-3-2-4-6-14/h2-11,13,24H,12H2,1H3,(H,26,27). The van der Waals surface area contributed by atoms with E-state index in [1.807, 2.05) is 36.4 Å². The Morgan fingerprint density at radius 3 is 2.76 bits per heavy atom. The number of benzene rings is 3. The summed E-state index contributed by atoms with van der Waals surface area (Å²) in [6.07, 6.45) is 1.80. The van der Waals surface area contributed by atoms with Gasteiger partial charge in [0.05, 0.1) is 17.8 Å². The van der Waals surface area contributed by atoms with Crippen molar-refractivity contribution >= 4 is 46.9 Å². The van der Waals surface area contributed by atoms with E-state index in [0.29, 0.717) is 22.8 Å². The molecule has 29 heavy (non-hydrogen) atoms. The van der Waals surface area contributed by atoms with Crippen molar-refractivity contribution in [2.75, 3.05) is 12.4 Å². The van der Waals surface area contributed by atoms with Gasteiger partial charge in [-0.15, -0.1) is 0 Å². The number of hydrogen-bond acceptors (Lipinski definition) is 5. The van der Waals surface area contributed by atoms with Crippen molar-refractivity contribution in [2.45, 2.75) is 16.3 Å². The number of hydrogen-bond donors (Lipinski definition) is 2. The van der Waals surface area contributed by atoms with Gasteiger partial charge >= 0.3 is 0 Å². The van der Waals surface area contributed by atoms with Gasteiger partial charge < -0.3 is 5.32 Å². The first-order valence-electron chi connectivity index (χ1n) is 8.95. The van der Waals surface area contributed by atoms with E-state index in [-0.39, 0.29) is 5.91 Å². The van der Waals surface area contributed by atoms with Crippen molar-refractivity contribution in [3.8, 4) is 0 Å². The summed E-state index contributed by atoms with van der Waals surface area (Å²) in [4.78, 5) is 23.2. The molecule has 5 nitrogen and oxygen atoms in total. The van der Waals surface area contributed by atoms with Crippen LogP contribution in [-0.2, 0) is 11.4 Å². The zero-order chi connectivity index (χ0) is 20.2. The molecule has 1 aliphatic rings. The van der Waals surface area contributed by atoms with E-state index in [0.717, 1.165) is 21.0 Å². The molecule has 0 spiro atoms. The van der Waals surface area contributed by atoms with Gasteiger partial charge in [0.25, 0.3) is 5.91 Å². The molecule has 0 atom stereocenters. The van der Waals surface area contributed by atoms with E-state index in [4.69, 9.17) is 16.4 Å². The summed E-state index contributed by atoms with van der Waals surface area (Å²) in [5.41, 5.74) is 6.57. The van der Waals surface area contributed by atoms with E-state index in [2.05, 4.69) is 27.9 Å². The molecule has 3 aromatic rings. The predicted molar refractivity (Wildman–Crippen MR) is 118 cm³/mol. The number of rotatable bonds is 5. The number of anilines is 1. The molecule has 0 saturated carbocycles. The fraction of sp³-hybridized carbons (Fsp3) is 0.0909. The first-order valence-corrected chi connectivity index (χ1v) is 10.1. The van der Waals surface area contributed by atoms with Crippen molar-refractivity contribution in [3.05, 3.63) is 82.4 Å². The lowest BCUT2D eigenvalue weighted by molar-refractivity contribution is 0.0537. The molecular formula is C22H18ClN3O2S. The van der Waals surface area contributed by atoms with Gasteiger partial charge in [0.15, 0.2) is 0 Å². The van der Waals surface area contributed by atoms with E-state index in [9.17, 15) is 4.79 Å². The van der Waals surface area contributed by atoms with Crippen molar-refractivity contribution in [1.82, 2.24) is 5.48 Å². The lowest BCUT2D eigenvalue weighted by atomic mass is 10.1. The van der Waals surface area contributed by atoms with Gasteiger partial charge in [-0.2, -0.15) is 0 Å². The second-order valence-corrected chi connectivity index (χ2v) is 7.81. The fourth-order valence-corrected chi connectivity index (χ4v) is 4.28. The topological polar surface area (TPSA) is 62.7 Å². The Hall–Kier alpha value is -2.80. The van der Waals surface area contributed by atoms with Gasteiger partial charge in [0, 0.05) is 39.4 Å². The molecule has 0 fully saturated rings. The number of nitrogens with zero attached hydrogens (tertiary/aromatic N) is 1. The highest BCUT2D eigenvalue weighted by Gasteiger charge is 2.18. The molecule has 1 heterocycles. The van der Waals surface area contributed by atoms with Crippen LogP contribution in [0.4, 0.5) is 11.4 Å². The molecule has 146 valence electrons. The molecule has 0 aromatic heterocycles. The van der Waals surface area contributed by atoms with Crippen LogP contribution in [0.25, 0.3) is 0 Å².